The molecule has 0 spiro atoms. The van der Waals surface area contributed by atoms with E-state index in [9.17, 15) is 13.2 Å². The number of anilines is 1. The van der Waals surface area contributed by atoms with Gasteiger partial charge in [-0.2, -0.15) is 13.2 Å². The van der Waals surface area contributed by atoms with E-state index >= 15 is 0 Å². The third-order valence-electron chi connectivity index (χ3n) is 3.43. The lowest BCUT2D eigenvalue weighted by molar-refractivity contribution is -0.137. The standard InChI is InChI=1S/C17H18F3N/c1-3-13-6-4-9-16(10-13)21-12(2)14-7-5-8-15(11-14)17(18,19)20/h4-12,21H,3H2,1-2H3. The molecule has 2 rings (SSSR count). The fraction of sp³-hybridized carbons (Fsp3) is 0.294. The number of aryl methyl sites for hydroxylation is 1. The molecule has 0 saturated heterocycles. The molecule has 2 aromatic rings. The van der Waals surface area contributed by atoms with Gasteiger partial charge < -0.3 is 5.32 Å². The van der Waals surface area contributed by atoms with Crippen molar-refractivity contribution in [3.05, 3.63) is 65.2 Å². The van der Waals surface area contributed by atoms with Gasteiger partial charge in [-0.05, 0) is 48.7 Å². The maximum absolute atomic E-state index is 12.7. The van der Waals surface area contributed by atoms with Gasteiger partial charge in [-0.15, -0.1) is 0 Å². The van der Waals surface area contributed by atoms with Gasteiger partial charge in [-0.25, -0.2) is 0 Å². The minimum atomic E-state index is -4.31. The van der Waals surface area contributed by atoms with Gasteiger partial charge in [0.1, 0.15) is 0 Å². The third kappa shape index (κ3) is 4.00. The average Bonchev–Trinajstić information content (AvgIpc) is 2.46. The predicted octanol–water partition coefficient (Wildman–Crippen LogP) is 5.44. The van der Waals surface area contributed by atoms with Crippen molar-refractivity contribution in [1.82, 2.24) is 0 Å². The first-order valence-corrected chi connectivity index (χ1v) is 6.93. The van der Waals surface area contributed by atoms with E-state index in [0.29, 0.717) is 5.56 Å². The second kappa shape index (κ2) is 6.20. The molecule has 0 aliphatic rings. The van der Waals surface area contributed by atoms with E-state index in [2.05, 4.69) is 12.2 Å². The molecule has 1 atom stereocenters. The number of halogens is 3. The maximum Gasteiger partial charge on any atom is 0.416 e. The molecule has 0 aromatic heterocycles. The Morgan fingerprint density at radius 3 is 2.43 bits per heavy atom. The highest BCUT2D eigenvalue weighted by molar-refractivity contribution is 5.48. The number of hydrogen-bond donors (Lipinski definition) is 1. The Morgan fingerprint density at radius 1 is 1.05 bits per heavy atom. The zero-order valence-corrected chi connectivity index (χ0v) is 12.0. The largest absolute Gasteiger partial charge is 0.416 e. The van der Waals surface area contributed by atoms with Gasteiger partial charge in [-0.3, -0.25) is 0 Å². The Hall–Kier alpha value is -1.97. The van der Waals surface area contributed by atoms with Gasteiger partial charge in [0.05, 0.1) is 5.56 Å². The smallest absolute Gasteiger partial charge is 0.379 e. The third-order valence-corrected chi connectivity index (χ3v) is 3.43. The molecular formula is C17H18F3N. The first-order valence-electron chi connectivity index (χ1n) is 6.93. The molecule has 1 nitrogen and oxygen atoms in total. The van der Waals surface area contributed by atoms with Crippen molar-refractivity contribution in [2.45, 2.75) is 32.5 Å². The van der Waals surface area contributed by atoms with Crippen LogP contribution in [0.2, 0.25) is 0 Å². The summed E-state index contributed by atoms with van der Waals surface area (Å²) in [5, 5.41) is 3.24. The van der Waals surface area contributed by atoms with Gasteiger partial charge in [-0.1, -0.05) is 31.2 Å². The van der Waals surface area contributed by atoms with Crippen LogP contribution >= 0.6 is 0 Å². The number of rotatable bonds is 4. The number of benzene rings is 2. The SMILES string of the molecule is CCc1cccc(NC(C)c2cccc(C(F)(F)F)c2)c1. The highest BCUT2D eigenvalue weighted by Gasteiger charge is 2.30. The van der Waals surface area contributed by atoms with Crippen molar-refractivity contribution in [3.63, 3.8) is 0 Å². The first-order chi connectivity index (χ1) is 9.90. The second-order valence-electron chi connectivity index (χ2n) is 5.04. The molecular weight excluding hydrogens is 275 g/mol. The zero-order chi connectivity index (χ0) is 15.5. The fourth-order valence-electron chi connectivity index (χ4n) is 2.20. The summed E-state index contributed by atoms with van der Waals surface area (Å²) in [5.74, 6) is 0. The van der Waals surface area contributed by atoms with Crippen LogP contribution in [0.15, 0.2) is 48.5 Å². The Labute approximate surface area is 122 Å². The van der Waals surface area contributed by atoms with E-state index in [-0.39, 0.29) is 6.04 Å². The van der Waals surface area contributed by atoms with Gasteiger partial charge in [0.2, 0.25) is 0 Å². The van der Waals surface area contributed by atoms with E-state index in [0.717, 1.165) is 18.2 Å². The van der Waals surface area contributed by atoms with Gasteiger partial charge in [0.15, 0.2) is 0 Å². The molecule has 0 saturated carbocycles. The highest BCUT2D eigenvalue weighted by Crippen LogP contribution is 2.31. The van der Waals surface area contributed by atoms with Crippen LogP contribution < -0.4 is 5.32 Å². The molecule has 0 aliphatic heterocycles. The van der Waals surface area contributed by atoms with Gasteiger partial charge in [0.25, 0.3) is 0 Å². The van der Waals surface area contributed by atoms with Crippen molar-refractivity contribution >= 4 is 5.69 Å². The van der Waals surface area contributed by atoms with Crippen molar-refractivity contribution < 1.29 is 13.2 Å². The van der Waals surface area contributed by atoms with E-state index in [4.69, 9.17) is 0 Å². The lowest BCUT2D eigenvalue weighted by Crippen LogP contribution is -2.10. The monoisotopic (exact) mass is 293 g/mol. The zero-order valence-electron chi connectivity index (χ0n) is 12.0. The molecule has 1 N–H and O–H groups in total. The molecule has 0 fully saturated rings. The molecule has 0 radical (unpaired) electrons. The summed E-state index contributed by atoms with van der Waals surface area (Å²) in [6.07, 6.45) is -3.38. The lowest BCUT2D eigenvalue weighted by Gasteiger charge is -2.18. The lowest BCUT2D eigenvalue weighted by atomic mass is 10.0. The molecule has 4 heteroatoms. The van der Waals surface area contributed by atoms with Crippen LogP contribution in [0.5, 0.6) is 0 Å². The van der Waals surface area contributed by atoms with Crippen molar-refractivity contribution in [1.29, 1.82) is 0 Å². The van der Waals surface area contributed by atoms with Crippen LogP contribution in [0.25, 0.3) is 0 Å². The Morgan fingerprint density at radius 2 is 1.76 bits per heavy atom. The summed E-state index contributed by atoms with van der Waals surface area (Å²) in [5.41, 5.74) is 2.11. The van der Waals surface area contributed by atoms with Crippen molar-refractivity contribution in [2.24, 2.45) is 0 Å². The quantitative estimate of drug-likeness (QED) is 0.791. The number of hydrogen-bond acceptors (Lipinski definition) is 1. The summed E-state index contributed by atoms with van der Waals surface area (Å²) < 4.78 is 38.2. The summed E-state index contributed by atoms with van der Waals surface area (Å²) in [6, 6.07) is 13.2. The predicted molar refractivity (Wildman–Crippen MR) is 79.3 cm³/mol. The minimum Gasteiger partial charge on any atom is -0.379 e. The van der Waals surface area contributed by atoms with Gasteiger partial charge in [0, 0.05) is 11.7 Å². The molecule has 0 aliphatic carbocycles. The van der Waals surface area contributed by atoms with Crippen molar-refractivity contribution in [3.8, 4) is 0 Å². The minimum absolute atomic E-state index is 0.195. The molecule has 2 aromatic carbocycles. The number of nitrogens with one attached hydrogen (secondary N) is 1. The van der Waals surface area contributed by atoms with Crippen LogP contribution in [0.1, 0.15) is 36.6 Å². The fourth-order valence-corrected chi connectivity index (χ4v) is 2.20. The summed E-state index contributed by atoms with van der Waals surface area (Å²) in [7, 11) is 0. The normalized spacial score (nSPS) is 13.0. The Bertz CT molecular complexity index is 605. The maximum atomic E-state index is 12.7. The van der Waals surface area contributed by atoms with Crippen molar-refractivity contribution in [2.75, 3.05) is 5.32 Å². The van der Waals surface area contributed by atoms with E-state index in [1.165, 1.54) is 17.7 Å². The van der Waals surface area contributed by atoms with Crippen LogP contribution in [-0.4, -0.2) is 0 Å². The summed E-state index contributed by atoms with van der Waals surface area (Å²) in [6.45, 7) is 3.92. The topological polar surface area (TPSA) is 12.0 Å². The van der Waals surface area contributed by atoms with Crippen LogP contribution in [0, 0.1) is 0 Å². The first kappa shape index (κ1) is 15.4. The molecule has 0 heterocycles. The summed E-state index contributed by atoms with van der Waals surface area (Å²) >= 11 is 0. The molecule has 1 unspecified atom stereocenters. The van der Waals surface area contributed by atoms with Crippen LogP contribution in [0.3, 0.4) is 0 Å². The van der Waals surface area contributed by atoms with Crippen LogP contribution in [0.4, 0.5) is 18.9 Å². The summed E-state index contributed by atoms with van der Waals surface area (Å²) in [4.78, 5) is 0. The molecule has 0 bridgehead atoms. The van der Waals surface area contributed by atoms with Crippen LogP contribution in [-0.2, 0) is 12.6 Å². The van der Waals surface area contributed by atoms with E-state index in [1.54, 1.807) is 6.07 Å². The van der Waals surface area contributed by atoms with Gasteiger partial charge >= 0.3 is 6.18 Å². The molecule has 0 amide bonds. The highest BCUT2D eigenvalue weighted by atomic mass is 19.4. The molecule has 112 valence electrons. The van der Waals surface area contributed by atoms with E-state index in [1.807, 2.05) is 31.2 Å². The number of alkyl halides is 3. The average molecular weight is 293 g/mol. The Balaban J connectivity index is 2.18. The van der Waals surface area contributed by atoms with E-state index < -0.39 is 11.7 Å². The second-order valence-corrected chi connectivity index (χ2v) is 5.04. The Kier molecular flexibility index (Phi) is 4.56. The molecule has 21 heavy (non-hydrogen) atoms.